The summed E-state index contributed by atoms with van der Waals surface area (Å²) in [7, 11) is -7.25. The van der Waals surface area contributed by atoms with Gasteiger partial charge in [-0.15, -0.1) is 0 Å². The van der Waals surface area contributed by atoms with E-state index < -0.39 is 20.0 Å². The van der Waals surface area contributed by atoms with Gasteiger partial charge in [-0.3, -0.25) is 4.55 Å². The van der Waals surface area contributed by atoms with Crippen molar-refractivity contribution in [2.45, 2.75) is 22.6 Å². The molecule has 0 atom stereocenters. The van der Waals surface area contributed by atoms with E-state index >= 15 is 0 Å². The van der Waals surface area contributed by atoms with Gasteiger partial charge in [0.05, 0.1) is 9.79 Å². The van der Waals surface area contributed by atoms with Gasteiger partial charge in [0.25, 0.3) is 10.1 Å². The topological polar surface area (TPSA) is 101 Å². The first-order valence-corrected chi connectivity index (χ1v) is 13.5. The molecule has 1 aliphatic rings. The molecule has 1 heterocycles. The summed E-state index contributed by atoms with van der Waals surface area (Å²) in [6.45, 7) is 3.90. The van der Waals surface area contributed by atoms with Crippen LogP contribution in [0.5, 0.6) is 0 Å². The van der Waals surface area contributed by atoms with Crippen LogP contribution in [-0.4, -0.2) is 40.7 Å². The summed E-state index contributed by atoms with van der Waals surface area (Å²) in [5, 5.41) is 3.71. The Bertz CT molecular complexity index is 1300. The minimum atomic E-state index is -4.02. The Labute approximate surface area is 193 Å². The molecule has 3 aromatic carbocycles. The second-order valence-corrected chi connectivity index (χ2v) is 11.5. The third-order valence-corrected chi connectivity index (χ3v) is 7.45. The molecule has 2 N–H and O–H groups in total. The summed E-state index contributed by atoms with van der Waals surface area (Å²) in [6.07, 6.45) is 1.18. The Morgan fingerprint density at radius 1 is 0.875 bits per heavy atom. The van der Waals surface area contributed by atoms with Crippen molar-refractivity contribution >= 4 is 31.6 Å². The van der Waals surface area contributed by atoms with Crippen molar-refractivity contribution < 1.29 is 21.4 Å². The van der Waals surface area contributed by atoms with Crippen LogP contribution in [0.4, 0.5) is 0 Å². The molecule has 6 nitrogen and oxygen atoms in total. The molecule has 0 saturated carbocycles. The summed E-state index contributed by atoms with van der Waals surface area (Å²) in [6, 6.07) is 19.2. The van der Waals surface area contributed by atoms with Gasteiger partial charge in [-0.05, 0) is 42.3 Å². The van der Waals surface area contributed by atoms with E-state index in [1.54, 1.807) is 24.3 Å². The number of rotatable bonds is 4. The van der Waals surface area contributed by atoms with Crippen molar-refractivity contribution in [1.82, 2.24) is 5.32 Å². The minimum absolute atomic E-state index is 0.0666. The summed E-state index contributed by atoms with van der Waals surface area (Å²) in [4.78, 5) is 0.177. The van der Waals surface area contributed by atoms with E-state index in [9.17, 15) is 16.8 Å². The molecule has 0 aromatic heterocycles. The zero-order valence-corrected chi connectivity index (χ0v) is 20.0. The number of hydrogen-bond acceptors (Lipinski definition) is 5. The largest absolute Gasteiger partial charge is 0.315 e. The van der Waals surface area contributed by atoms with Crippen LogP contribution in [0.3, 0.4) is 0 Å². The molecule has 1 saturated heterocycles. The molecular formula is C23H24ClNO5S2. The van der Waals surface area contributed by atoms with E-state index in [4.69, 9.17) is 16.2 Å². The number of halogens is 1. The lowest BCUT2D eigenvalue weighted by molar-refractivity contribution is 0.448. The highest BCUT2D eigenvalue weighted by molar-refractivity contribution is 7.90. The zero-order valence-electron chi connectivity index (χ0n) is 17.6. The monoisotopic (exact) mass is 493 g/mol. The number of sulfone groups is 1. The van der Waals surface area contributed by atoms with E-state index in [0.29, 0.717) is 10.9 Å². The summed E-state index contributed by atoms with van der Waals surface area (Å²) in [5.41, 5.74) is 4.12. The fourth-order valence-electron chi connectivity index (χ4n) is 3.13. The third-order valence-electron chi connectivity index (χ3n) is 5.16. The Hall–Kier alpha value is -2.23. The maximum absolute atomic E-state index is 11.5. The molecule has 4 rings (SSSR count). The third kappa shape index (κ3) is 6.17. The van der Waals surface area contributed by atoms with E-state index in [2.05, 4.69) is 17.4 Å². The molecule has 1 aliphatic heterocycles. The average molecular weight is 494 g/mol. The van der Waals surface area contributed by atoms with Gasteiger partial charge in [0, 0.05) is 35.8 Å². The number of nitrogens with one attached hydrogen (secondary N) is 1. The van der Waals surface area contributed by atoms with Crippen LogP contribution in [0.15, 0.2) is 76.5 Å². The van der Waals surface area contributed by atoms with Crippen LogP contribution in [0.25, 0.3) is 11.1 Å². The number of hydrogen-bond donors (Lipinski definition) is 2. The fraction of sp³-hybridized carbons (Fsp3) is 0.217. The summed E-state index contributed by atoms with van der Waals surface area (Å²) >= 11 is 6.24. The lowest BCUT2D eigenvalue weighted by atomic mass is 9.92. The van der Waals surface area contributed by atoms with Crippen molar-refractivity contribution in [2.75, 3.05) is 19.3 Å². The highest BCUT2D eigenvalue weighted by Crippen LogP contribution is 2.31. The van der Waals surface area contributed by atoms with Crippen LogP contribution in [0, 0.1) is 6.92 Å². The van der Waals surface area contributed by atoms with Crippen molar-refractivity contribution in [2.24, 2.45) is 0 Å². The Morgan fingerprint density at radius 2 is 1.44 bits per heavy atom. The molecule has 32 heavy (non-hydrogen) atoms. The summed E-state index contributed by atoms with van der Waals surface area (Å²) < 4.78 is 52.6. The molecular weight excluding hydrogens is 470 g/mol. The maximum Gasteiger partial charge on any atom is 0.294 e. The Morgan fingerprint density at radius 3 is 1.88 bits per heavy atom. The van der Waals surface area contributed by atoms with E-state index in [1.807, 2.05) is 19.1 Å². The van der Waals surface area contributed by atoms with Crippen molar-refractivity contribution in [3.63, 3.8) is 0 Å². The first-order valence-electron chi connectivity index (χ1n) is 9.80. The molecule has 0 radical (unpaired) electrons. The molecule has 0 bridgehead atoms. The predicted octanol–water partition coefficient (Wildman–Crippen LogP) is 4.34. The standard InChI is InChI=1S/C16H16ClNO2S.C7H8O3S/c1-21(19,20)14-6-7-15(16(17)8-14)12-4-2-11(3-5-12)13-9-18-10-13;1-6-2-4-7(5-3-6)11(8,9)10/h2-8,13,18H,9-10H2,1H3;2-5H,1H3,(H,8,9,10). The maximum atomic E-state index is 11.5. The molecule has 0 unspecified atom stereocenters. The first kappa shape index (κ1) is 24.4. The summed E-state index contributed by atoms with van der Waals surface area (Å²) in [5.74, 6) is 0.599. The van der Waals surface area contributed by atoms with Crippen LogP contribution in [-0.2, 0) is 20.0 Å². The minimum Gasteiger partial charge on any atom is -0.315 e. The van der Waals surface area contributed by atoms with E-state index in [1.165, 1.54) is 30.0 Å². The van der Waals surface area contributed by atoms with Gasteiger partial charge in [0.2, 0.25) is 0 Å². The number of aryl methyl sites for hydroxylation is 1. The highest BCUT2D eigenvalue weighted by atomic mass is 35.5. The smallest absolute Gasteiger partial charge is 0.294 e. The van der Waals surface area contributed by atoms with Gasteiger partial charge >= 0.3 is 0 Å². The van der Waals surface area contributed by atoms with Gasteiger partial charge in [-0.1, -0.05) is 59.6 Å². The van der Waals surface area contributed by atoms with Gasteiger partial charge in [0.1, 0.15) is 0 Å². The molecule has 0 aliphatic carbocycles. The van der Waals surface area contributed by atoms with Crippen LogP contribution in [0.2, 0.25) is 5.02 Å². The molecule has 0 amide bonds. The van der Waals surface area contributed by atoms with Gasteiger partial charge in [-0.2, -0.15) is 8.42 Å². The SMILES string of the molecule is CS(=O)(=O)c1ccc(-c2ccc(C3CNC3)cc2)c(Cl)c1.Cc1ccc(S(=O)(=O)O)cc1. The average Bonchev–Trinajstić information content (AvgIpc) is 2.67. The first-order chi connectivity index (χ1) is 14.9. The molecule has 170 valence electrons. The lowest BCUT2D eigenvalue weighted by Crippen LogP contribution is -2.39. The van der Waals surface area contributed by atoms with E-state index in [0.717, 1.165) is 29.8 Å². The van der Waals surface area contributed by atoms with Crippen molar-refractivity contribution in [3.05, 3.63) is 82.9 Å². The Balaban J connectivity index is 0.000000222. The van der Waals surface area contributed by atoms with Crippen LogP contribution < -0.4 is 5.32 Å². The second-order valence-electron chi connectivity index (χ2n) is 7.68. The normalized spacial score (nSPS) is 14.2. The van der Waals surface area contributed by atoms with Crippen LogP contribution in [0.1, 0.15) is 17.0 Å². The van der Waals surface area contributed by atoms with E-state index in [-0.39, 0.29) is 9.79 Å². The molecule has 1 fully saturated rings. The molecule has 9 heteroatoms. The predicted molar refractivity (Wildman–Crippen MR) is 127 cm³/mol. The highest BCUT2D eigenvalue weighted by Gasteiger charge is 2.18. The fourth-order valence-corrected chi connectivity index (χ4v) is 4.61. The van der Waals surface area contributed by atoms with Crippen molar-refractivity contribution in [1.29, 1.82) is 0 Å². The van der Waals surface area contributed by atoms with Gasteiger partial charge in [-0.25, -0.2) is 8.42 Å². The van der Waals surface area contributed by atoms with Gasteiger partial charge in [0.15, 0.2) is 9.84 Å². The molecule has 0 spiro atoms. The van der Waals surface area contributed by atoms with Crippen LogP contribution >= 0.6 is 11.6 Å². The Kier molecular flexibility index (Phi) is 7.42. The van der Waals surface area contributed by atoms with Crippen molar-refractivity contribution in [3.8, 4) is 11.1 Å². The van der Waals surface area contributed by atoms with Gasteiger partial charge < -0.3 is 5.32 Å². The second kappa shape index (κ2) is 9.72. The zero-order chi connectivity index (χ0) is 23.5. The molecule has 3 aromatic rings. The lowest BCUT2D eigenvalue weighted by Gasteiger charge is -2.27. The quantitative estimate of drug-likeness (QED) is 0.524. The number of benzene rings is 3.